The maximum Gasteiger partial charge on any atom is 0.326 e. The lowest BCUT2D eigenvalue weighted by atomic mass is 10.0. The summed E-state index contributed by atoms with van der Waals surface area (Å²) in [5.74, 6) is -2.68. The smallest absolute Gasteiger partial charge is 0.326 e. The van der Waals surface area contributed by atoms with Crippen LogP contribution < -0.4 is 16.8 Å². The van der Waals surface area contributed by atoms with Gasteiger partial charge < -0.3 is 21.9 Å². The molecule has 2 atom stereocenters. The minimum atomic E-state index is -4.26. The maximum atomic E-state index is 12.9. The Hall–Kier alpha value is -3.76. The number of sulfone groups is 1. The van der Waals surface area contributed by atoms with Gasteiger partial charge in [-0.1, -0.05) is 48.5 Å². The predicted octanol–water partition coefficient (Wildman–Crippen LogP) is 0.994. The Labute approximate surface area is 184 Å². The van der Waals surface area contributed by atoms with Crippen molar-refractivity contribution in [3.05, 3.63) is 77.9 Å². The second kappa shape index (κ2) is 9.16. The van der Waals surface area contributed by atoms with Crippen molar-refractivity contribution in [3.8, 4) is 0 Å². The first-order valence-electron chi connectivity index (χ1n) is 9.54. The minimum Gasteiger partial charge on any atom is -0.480 e. The second-order valence-electron chi connectivity index (χ2n) is 7.19. The summed E-state index contributed by atoms with van der Waals surface area (Å²) in [6.45, 7) is 0. The highest BCUT2D eigenvalue weighted by atomic mass is 32.2. The van der Waals surface area contributed by atoms with E-state index in [0.717, 1.165) is 5.39 Å². The van der Waals surface area contributed by atoms with E-state index in [1.807, 2.05) is 12.1 Å². The van der Waals surface area contributed by atoms with E-state index >= 15 is 0 Å². The molecule has 3 rings (SSSR count). The third-order valence-corrected chi connectivity index (χ3v) is 6.73. The molecule has 0 aromatic heterocycles. The van der Waals surface area contributed by atoms with Gasteiger partial charge in [-0.15, -0.1) is 0 Å². The summed E-state index contributed by atoms with van der Waals surface area (Å²) in [6.07, 6.45) is -0.148. The molecule has 7 N–H and O–H groups in total. The SMILES string of the molecule is N=C(N)c1cccc(C[C@H](NC(=O)C(N)S(=O)(=O)c2ccc3ccccc3c2)C(=O)O)c1. The molecule has 166 valence electrons. The van der Waals surface area contributed by atoms with E-state index in [4.69, 9.17) is 16.9 Å². The van der Waals surface area contributed by atoms with Crippen molar-refractivity contribution in [2.45, 2.75) is 22.7 Å². The molecule has 0 aliphatic rings. The van der Waals surface area contributed by atoms with Crippen LogP contribution in [-0.2, 0) is 25.8 Å². The molecule has 32 heavy (non-hydrogen) atoms. The molecule has 0 aliphatic carbocycles. The zero-order chi connectivity index (χ0) is 23.5. The van der Waals surface area contributed by atoms with E-state index in [2.05, 4.69) is 5.32 Å². The molecule has 0 spiro atoms. The Morgan fingerprint density at radius 3 is 2.34 bits per heavy atom. The number of nitrogens with one attached hydrogen (secondary N) is 2. The number of amides is 1. The number of fused-ring (bicyclic) bond motifs is 1. The Kier molecular flexibility index (Phi) is 6.56. The van der Waals surface area contributed by atoms with Crippen LogP contribution in [0.2, 0.25) is 0 Å². The van der Waals surface area contributed by atoms with E-state index < -0.39 is 33.1 Å². The molecule has 10 heteroatoms. The lowest BCUT2D eigenvalue weighted by Gasteiger charge is -2.18. The van der Waals surface area contributed by atoms with E-state index in [-0.39, 0.29) is 17.2 Å². The van der Waals surface area contributed by atoms with Crippen molar-refractivity contribution in [1.82, 2.24) is 5.32 Å². The van der Waals surface area contributed by atoms with Crippen molar-refractivity contribution in [2.24, 2.45) is 11.5 Å². The first kappa shape index (κ1) is 22.9. The molecular weight excluding hydrogens is 432 g/mol. The molecule has 0 radical (unpaired) electrons. The number of aliphatic carboxylic acids is 1. The van der Waals surface area contributed by atoms with Crippen molar-refractivity contribution in [3.63, 3.8) is 0 Å². The summed E-state index contributed by atoms with van der Waals surface area (Å²) in [7, 11) is -4.26. The summed E-state index contributed by atoms with van der Waals surface area (Å²) in [4.78, 5) is 24.1. The van der Waals surface area contributed by atoms with E-state index in [1.54, 1.807) is 36.4 Å². The Bertz CT molecular complexity index is 1310. The highest BCUT2D eigenvalue weighted by Gasteiger charge is 2.33. The van der Waals surface area contributed by atoms with Gasteiger partial charge in [0.05, 0.1) is 4.90 Å². The summed E-state index contributed by atoms with van der Waals surface area (Å²) in [5.41, 5.74) is 12.1. The van der Waals surface area contributed by atoms with Crippen LogP contribution in [0, 0.1) is 5.41 Å². The second-order valence-corrected chi connectivity index (χ2v) is 9.26. The van der Waals surface area contributed by atoms with Crippen molar-refractivity contribution < 1.29 is 23.1 Å². The van der Waals surface area contributed by atoms with Crippen LogP contribution in [0.1, 0.15) is 11.1 Å². The Morgan fingerprint density at radius 1 is 1.00 bits per heavy atom. The van der Waals surface area contributed by atoms with E-state index in [1.165, 1.54) is 18.2 Å². The summed E-state index contributed by atoms with van der Waals surface area (Å²) in [5, 5.41) is 18.7. The summed E-state index contributed by atoms with van der Waals surface area (Å²) < 4.78 is 25.8. The average Bonchev–Trinajstić information content (AvgIpc) is 2.77. The van der Waals surface area contributed by atoms with Gasteiger partial charge in [0.25, 0.3) is 5.91 Å². The van der Waals surface area contributed by atoms with Crippen molar-refractivity contribution in [2.75, 3.05) is 0 Å². The molecule has 1 unspecified atom stereocenters. The fourth-order valence-electron chi connectivity index (χ4n) is 3.19. The number of carboxylic acids is 1. The van der Waals surface area contributed by atoms with Crippen molar-refractivity contribution >= 4 is 38.3 Å². The average molecular weight is 455 g/mol. The highest BCUT2D eigenvalue weighted by molar-refractivity contribution is 7.92. The number of carbonyl (C=O) groups is 2. The first-order chi connectivity index (χ1) is 15.1. The molecule has 0 bridgehead atoms. The zero-order valence-corrected chi connectivity index (χ0v) is 17.7. The van der Waals surface area contributed by atoms with Gasteiger partial charge in [-0.05, 0) is 34.5 Å². The zero-order valence-electron chi connectivity index (χ0n) is 16.9. The fourth-order valence-corrected chi connectivity index (χ4v) is 4.38. The number of hydrogen-bond donors (Lipinski definition) is 5. The third kappa shape index (κ3) is 4.93. The molecule has 9 nitrogen and oxygen atoms in total. The summed E-state index contributed by atoms with van der Waals surface area (Å²) in [6, 6.07) is 16.4. The molecule has 3 aromatic rings. The van der Waals surface area contributed by atoms with Gasteiger partial charge in [0.2, 0.25) is 9.84 Å². The normalized spacial score (nSPS) is 13.3. The quantitative estimate of drug-likeness (QED) is 0.249. The minimum absolute atomic E-state index is 0.139. The molecule has 0 saturated heterocycles. The maximum absolute atomic E-state index is 12.9. The van der Waals surface area contributed by atoms with Gasteiger partial charge in [0.15, 0.2) is 5.37 Å². The van der Waals surface area contributed by atoms with Crippen LogP contribution in [-0.4, -0.2) is 42.7 Å². The highest BCUT2D eigenvalue weighted by Crippen LogP contribution is 2.21. The van der Waals surface area contributed by atoms with Crippen LogP contribution in [0.25, 0.3) is 10.8 Å². The van der Waals surface area contributed by atoms with E-state index in [9.17, 15) is 23.1 Å². The lowest BCUT2D eigenvalue weighted by Crippen LogP contribution is -2.52. The lowest BCUT2D eigenvalue weighted by molar-refractivity contribution is -0.141. The van der Waals surface area contributed by atoms with Crippen LogP contribution in [0.5, 0.6) is 0 Å². The topological polar surface area (TPSA) is 176 Å². The number of amidine groups is 1. The third-order valence-electron chi connectivity index (χ3n) is 4.93. The molecule has 0 aliphatic heterocycles. The van der Waals surface area contributed by atoms with Crippen LogP contribution >= 0.6 is 0 Å². The monoisotopic (exact) mass is 454 g/mol. The molecule has 1 amide bonds. The fraction of sp³-hybridized carbons (Fsp3) is 0.136. The molecular formula is C22H22N4O5S. The van der Waals surface area contributed by atoms with Gasteiger partial charge >= 0.3 is 5.97 Å². The molecule has 0 saturated carbocycles. The van der Waals surface area contributed by atoms with Crippen molar-refractivity contribution in [1.29, 1.82) is 5.41 Å². The first-order valence-corrected chi connectivity index (χ1v) is 11.1. The van der Waals surface area contributed by atoms with Gasteiger partial charge in [-0.3, -0.25) is 10.2 Å². The molecule has 0 fully saturated rings. The van der Waals surface area contributed by atoms with Gasteiger partial charge in [0.1, 0.15) is 11.9 Å². The Morgan fingerprint density at radius 2 is 1.69 bits per heavy atom. The van der Waals surface area contributed by atoms with Crippen LogP contribution in [0.4, 0.5) is 0 Å². The van der Waals surface area contributed by atoms with Gasteiger partial charge in [0, 0.05) is 12.0 Å². The van der Waals surface area contributed by atoms with Gasteiger partial charge in [-0.2, -0.15) is 0 Å². The molecule has 3 aromatic carbocycles. The number of carbonyl (C=O) groups excluding carboxylic acids is 1. The number of nitrogens with two attached hydrogens (primary N) is 2. The number of hydrogen-bond acceptors (Lipinski definition) is 6. The van der Waals surface area contributed by atoms with Gasteiger partial charge in [-0.25, -0.2) is 13.2 Å². The largest absolute Gasteiger partial charge is 0.480 e. The van der Waals surface area contributed by atoms with E-state index in [0.29, 0.717) is 16.5 Å². The standard InChI is InChI=1S/C22H22N4O5S/c23-19(24)16-7-3-4-13(10-16)11-18(22(28)29)26-21(27)20(25)32(30,31)17-9-8-14-5-1-2-6-15(14)12-17/h1-10,12,18,20H,11,25H2,(H3,23,24)(H,26,27)(H,28,29)/t18-,20?/m0/s1. The Balaban J connectivity index is 1.80. The number of carboxylic acid groups (broad SMARTS) is 1. The van der Waals surface area contributed by atoms with Crippen LogP contribution in [0.3, 0.4) is 0 Å². The summed E-state index contributed by atoms with van der Waals surface area (Å²) >= 11 is 0. The predicted molar refractivity (Wildman–Crippen MR) is 120 cm³/mol. The number of nitrogen functional groups attached to an aromatic ring is 1. The van der Waals surface area contributed by atoms with Crippen LogP contribution in [0.15, 0.2) is 71.6 Å². The number of benzene rings is 3. The number of rotatable bonds is 8. The molecule has 0 heterocycles.